The highest BCUT2D eigenvalue weighted by atomic mass is 16.5. The molecule has 0 N–H and O–H groups in total. The highest BCUT2D eigenvalue weighted by molar-refractivity contribution is 5.80. The van der Waals surface area contributed by atoms with Gasteiger partial charge in [0.15, 0.2) is 5.90 Å². The maximum absolute atomic E-state index is 5.77. The molecule has 90 valence electrons. The van der Waals surface area contributed by atoms with Crippen LogP contribution in [0.5, 0.6) is 0 Å². The van der Waals surface area contributed by atoms with Crippen LogP contribution < -0.4 is 0 Å². The zero-order valence-corrected chi connectivity index (χ0v) is 10.1. The summed E-state index contributed by atoms with van der Waals surface area (Å²) < 4.78 is 5.77. The molecule has 1 atom stereocenters. The summed E-state index contributed by atoms with van der Waals surface area (Å²) in [6.45, 7) is 0.778. The van der Waals surface area contributed by atoms with E-state index in [1.165, 1.54) is 31.2 Å². The Bertz CT molecular complexity index is 393. The first kappa shape index (κ1) is 10.8. The predicted molar refractivity (Wildman–Crippen MR) is 69.3 cm³/mol. The van der Waals surface area contributed by atoms with Crippen LogP contribution in [0.3, 0.4) is 0 Å². The molecule has 1 aromatic rings. The van der Waals surface area contributed by atoms with Gasteiger partial charge in [-0.3, -0.25) is 0 Å². The quantitative estimate of drug-likeness (QED) is 0.780. The number of benzene rings is 1. The van der Waals surface area contributed by atoms with Crippen molar-refractivity contribution >= 4 is 5.90 Å². The first-order chi connectivity index (χ1) is 8.42. The van der Waals surface area contributed by atoms with Gasteiger partial charge >= 0.3 is 0 Å². The summed E-state index contributed by atoms with van der Waals surface area (Å²) in [5.74, 6) is 1.67. The molecule has 2 aliphatic rings. The van der Waals surface area contributed by atoms with E-state index in [9.17, 15) is 0 Å². The van der Waals surface area contributed by atoms with Crippen molar-refractivity contribution in [1.29, 1.82) is 0 Å². The van der Waals surface area contributed by atoms with E-state index in [0.717, 1.165) is 18.9 Å². The molecule has 0 spiro atoms. The Labute approximate surface area is 103 Å². The minimum Gasteiger partial charge on any atom is -0.478 e. The normalized spacial score (nSPS) is 24.7. The number of hydrogen-bond donors (Lipinski definition) is 0. The van der Waals surface area contributed by atoms with Gasteiger partial charge in [-0.25, -0.2) is 4.99 Å². The molecule has 2 heteroatoms. The Balaban J connectivity index is 1.62. The van der Waals surface area contributed by atoms with Crippen molar-refractivity contribution in [2.75, 3.05) is 6.61 Å². The van der Waals surface area contributed by atoms with Crippen LogP contribution in [0, 0.1) is 5.92 Å². The number of aliphatic imine (C=N–C) groups is 1. The zero-order chi connectivity index (χ0) is 11.5. The molecule has 2 nitrogen and oxygen atoms in total. The number of rotatable bonds is 3. The van der Waals surface area contributed by atoms with Crippen LogP contribution in [-0.4, -0.2) is 18.5 Å². The standard InChI is InChI=1S/C15H19NO/c1-2-6-12(7-3-1)10-14-11-17-15(16-14)13-8-4-5-9-13/h1-3,6-7,13-14H,4-5,8-11H2/t14-/m1/s1. The first-order valence-electron chi connectivity index (χ1n) is 6.66. The van der Waals surface area contributed by atoms with E-state index in [-0.39, 0.29) is 0 Å². The van der Waals surface area contributed by atoms with Gasteiger partial charge in [0, 0.05) is 5.92 Å². The molecule has 0 bridgehead atoms. The van der Waals surface area contributed by atoms with E-state index in [2.05, 4.69) is 30.3 Å². The zero-order valence-electron chi connectivity index (χ0n) is 10.1. The topological polar surface area (TPSA) is 21.6 Å². The molecule has 1 saturated carbocycles. The molecule has 1 aliphatic heterocycles. The minimum atomic E-state index is 0.341. The van der Waals surface area contributed by atoms with Crippen LogP contribution in [0.1, 0.15) is 31.2 Å². The molecule has 0 saturated heterocycles. The van der Waals surface area contributed by atoms with Crippen molar-refractivity contribution in [3.63, 3.8) is 0 Å². The molecule has 0 amide bonds. The van der Waals surface area contributed by atoms with Gasteiger partial charge in [-0.05, 0) is 24.8 Å². The van der Waals surface area contributed by atoms with Crippen LogP contribution >= 0.6 is 0 Å². The number of nitrogens with zero attached hydrogens (tertiary/aromatic N) is 1. The van der Waals surface area contributed by atoms with E-state index < -0.39 is 0 Å². The third-order valence-corrected chi connectivity index (χ3v) is 3.75. The van der Waals surface area contributed by atoms with Gasteiger partial charge in [0.2, 0.25) is 0 Å². The summed E-state index contributed by atoms with van der Waals surface area (Å²) in [6.07, 6.45) is 6.25. The number of ether oxygens (including phenoxy) is 1. The summed E-state index contributed by atoms with van der Waals surface area (Å²) in [6, 6.07) is 10.9. The molecule has 1 fully saturated rings. The van der Waals surface area contributed by atoms with Gasteiger partial charge < -0.3 is 4.74 Å². The maximum atomic E-state index is 5.77. The van der Waals surface area contributed by atoms with E-state index >= 15 is 0 Å². The fourth-order valence-corrected chi connectivity index (χ4v) is 2.82. The lowest BCUT2D eigenvalue weighted by Gasteiger charge is -2.06. The molecule has 3 rings (SSSR count). The highest BCUT2D eigenvalue weighted by Crippen LogP contribution is 2.29. The van der Waals surface area contributed by atoms with Gasteiger partial charge in [-0.15, -0.1) is 0 Å². The molecular formula is C15H19NO. The van der Waals surface area contributed by atoms with Crippen molar-refractivity contribution < 1.29 is 4.74 Å². The van der Waals surface area contributed by atoms with E-state index in [1.807, 2.05) is 0 Å². The smallest absolute Gasteiger partial charge is 0.186 e. The second-order valence-electron chi connectivity index (χ2n) is 5.10. The van der Waals surface area contributed by atoms with Crippen LogP contribution in [0.25, 0.3) is 0 Å². The summed E-state index contributed by atoms with van der Waals surface area (Å²) in [5, 5.41) is 0. The summed E-state index contributed by atoms with van der Waals surface area (Å²) in [5.41, 5.74) is 1.36. The Hall–Kier alpha value is -1.31. The fourth-order valence-electron chi connectivity index (χ4n) is 2.82. The van der Waals surface area contributed by atoms with Gasteiger partial charge in [0.05, 0.1) is 6.04 Å². The Kier molecular flexibility index (Phi) is 3.12. The second kappa shape index (κ2) is 4.91. The van der Waals surface area contributed by atoms with E-state index in [1.54, 1.807) is 0 Å². The SMILES string of the molecule is c1ccc(C[C@@H]2COC(C3CCCC3)=N2)cc1. The van der Waals surface area contributed by atoms with E-state index in [4.69, 9.17) is 9.73 Å². The summed E-state index contributed by atoms with van der Waals surface area (Å²) in [4.78, 5) is 4.76. The van der Waals surface area contributed by atoms with Crippen LogP contribution in [0.15, 0.2) is 35.3 Å². The Morgan fingerprint density at radius 1 is 1.12 bits per heavy atom. The molecule has 0 unspecified atom stereocenters. The van der Waals surface area contributed by atoms with Crippen molar-refractivity contribution in [3.05, 3.63) is 35.9 Å². The average molecular weight is 229 g/mol. The Morgan fingerprint density at radius 2 is 1.88 bits per heavy atom. The van der Waals surface area contributed by atoms with Gasteiger partial charge in [0.1, 0.15) is 6.61 Å². The minimum absolute atomic E-state index is 0.341. The monoisotopic (exact) mass is 229 g/mol. The lowest BCUT2D eigenvalue weighted by molar-refractivity contribution is 0.297. The summed E-state index contributed by atoms with van der Waals surface area (Å²) in [7, 11) is 0. The van der Waals surface area contributed by atoms with Gasteiger partial charge in [-0.1, -0.05) is 43.2 Å². The second-order valence-corrected chi connectivity index (χ2v) is 5.10. The third-order valence-electron chi connectivity index (χ3n) is 3.75. The van der Waals surface area contributed by atoms with Crippen LogP contribution in [-0.2, 0) is 11.2 Å². The molecule has 1 aromatic carbocycles. The largest absolute Gasteiger partial charge is 0.478 e. The van der Waals surface area contributed by atoms with E-state index in [0.29, 0.717) is 12.0 Å². The predicted octanol–water partition coefficient (Wildman–Crippen LogP) is 3.22. The molecule has 1 heterocycles. The first-order valence-corrected chi connectivity index (χ1v) is 6.66. The average Bonchev–Trinajstić information content (AvgIpc) is 3.00. The van der Waals surface area contributed by atoms with Crippen LogP contribution in [0.4, 0.5) is 0 Å². The molecule has 0 aromatic heterocycles. The van der Waals surface area contributed by atoms with Crippen molar-refractivity contribution in [2.45, 2.75) is 38.1 Å². The van der Waals surface area contributed by atoms with Gasteiger partial charge in [0.25, 0.3) is 0 Å². The van der Waals surface area contributed by atoms with Crippen molar-refractivity contribution in [2.24, 2.45) is 10.9 Å². The lowest BCUT2D eigenvalue weighted by Crippen LogP contribution is -2.11. The fraction of sp³-hybridized carbons (Fsp3) is 0.533. The lowest BCUT2D eigenvalue weighted by atomic mass is 10.1. The maximum Gasteiger partial charge on any atom is 0.186 e. The molecule has 0 radical (unpaired) electrons. The summed E-state index contributed by atoms with van der Waals surface area (Å²) >= 11 is 0. The van der Waals surface area contributed by atoms with Crippen molar-refractivity contribution in [3.8, 4) is 0 Å². The highest BCUT2D eigenvalue weighted by Gasteiger charge is 2.28. The molecular weight excluding hydrogens is 210 g/mol. The third kappa shape index (κ3) is 2.51. The van der Waals surface area contributed by atoms with Crippen molar-refractivity contribution in [1.82, 2.24) is 0 Å². The molecule has 17 heavy (non-hydrogen) atoms. The van der Waals surface area contributed by atoms with Crippen LogP contribution in [0.2, 0.25) is 0 Å². The van der Waals surface area contributed by atoms with Gasteiger partial charge in [-0.2, -0.15) is 0 Å². The number of hydrogen-bond acceptors (Lipinski definition) is 2. The Morgan fingerprint density at radius 3 is 2.65 bits per heavy atom. The molecule has 1 aliphatic carbocycles.